The number of thiazole rings is 1. The van der Waals surface area contributed by atoms with Crippen molar-refractivity contribution in [1.82, 2.24) is 14.8 Å². The second kappa shape index (κ2) is 10.9. The van der Waals surface area contributed by atoms with E-state index in [9.17, 15) is 9.90 Å². The maximum Gasteiger partial charge on any atom is 0.238 e. The Hall–Kier alpha value is -2.72. The number of aliphatic hydroxyl groups is 1. The van der Waals surface area contributed by atoms with Gasteiger partial charge in [0, 0.05) is 38.4 Å². The van der Waals surface area contributed by atoms with Gasteiger partial charge >= 0.3 is 0 Å². The summed E-state index contributed by atoms with van der Waals surface area (Å²) in [5.74, 6) is 1.25. The average Bonchev–Trinajstić information content (AvgIpc) is 3.18. The van der Waals surface area contributed by atoms with Crippen LogP contribution in [0.4, 0.5) is 5.69 Å². The predicted molar refractivity (Wildman–Crippen MR) is 130 cm³/mol. The maximum absolute atomic E-state index is 12.5. The molecule has 8 nitrogen and oxygen atoms in total. The Kier molecular flexibility index (Phi) is 7.77. The van der Waals surface area contributed by atoms with E-state index in [1.54, 1.807) is 18.4 Å². The van der Waals surface area contributed by atoms with Crippen LogP contribution in [0.25, 0.3) is 10.2 Å². The monoisotopic (exact) mass is 470 g/mol. The lowest BCUT2D eigenvalue weighted by atomic mass is 10.2. The summed E-state index contributed by atoms with van der Waals surface area (Å²) in [5.41, 5.74) is 1.69. The van der Waals surface area contributed by atoms with E-state index < -0.39 is 6.10 Å². The lowest BCUT2D eigenvalue weighted by molar-refractivity contribution is -0.117. The minimum Gasteiger partial charge on any atom is -0.493 e. The number of anilines is 1. The highest BCUT2D eigenvalue weighted by atomic mass is 32.1. The van der Waals surface area contributed by atoms with Crippen LogP contribution in [0.3, 0.4) is 0 Å². The van der Waals surface area contributed by atoms with Crippen molar-refractivity contribution >= 4 is 33.1 Å². The van der Waals surface area contributed by atoms with Crippen LogP contribution >= 0.6 is 11.3 Å². The number of amides is 1. The number of para-hydroxylation sites is 2. The van der Waals surface area contributed by atoms with Crippen molar-refractivity contribution in [2.24, 2.45) is 0 Å². The van der Waals surface area contributed by atoms with Crippen molar-refractivity contribution in [3.05, 3.63) is 47.5 Å². The Morgan fingerprint density at radius 2 is 1.88 bits per heavy atom. The van der Waals surface area contributed by atoms with Gasteiger partial charge < -0.3 is 19.9 Å². The minimum absolute atomic E-state index is 0.0278. The maximum atomic E-state index is 12.5. The standard InChI is InChI=1S/C24H30N4O4S/c1-17-25-20-13-18(7-8-23(20)33-17)26-24(30)15-28-11-9-27(10-12-28)14-19(29)16-32-22-6-4-3-5-21(22)31-2/h3-8,13,19,29H,9-12,14-16H2,1-2H3,(H,26,30). The number of nitrogens with one attached hydrogen (secondary N) is 1. The second-order valence-corrected chi connectivity index (χ2v) is 9.39. The molecule has 1 saturated heterocycles. The summed E-state index contributed by atoms with van der Waals surface area (Å²) < 4.78 is 12.1. The molecule has 33 heavy (non-hydrogen) atoms. The molecule has 1 fully saturated rings. The first-order valence-electron chi connectivity index (χ1n) is 11.1. The molecule has 1 atom stereocenters. The van der Waals surface area contributed by atoms with Gasteiger partial charge in [-0.1, -0.05) is 12.1 Å². The molecule has 0 aliphatic carbocycles. The molecule has 9 heteroatoms. The lowest BCUT2D eigenvalue weighted by Gasteiger charge is -2.35. The number of β-amino-alcohol motifs (C(OH)–C–C–N with tert-alkyl or cyclic N) is 1. The molecule has 0 spiro atoms. The van der Waals surface area contributed by atoms with Crippen LogP contribution in [0.2, 0.25) is 0 Å². The number of aryl methyl sites for hydroxylation is 1. The number of hydrogen-bond donors (Lipinski definition) is 2. The molecule has 1 unspecified atom stereocenters. The zero-order valence-electron chi connectivity index (χ0n) is 19.0. The van der Waals surface area contributed by atoms with E-state index in [1.807, 2.05) is 49.4 Å². The van der Waals surface area contributed by atoms with Gasteiger partial charge in [0.1, 0.15) is 12.7 Å². The Labute approximate surface area is 197 Å². The van der Waals surface area contributed by atoms with Crippen molar-refractivity contribution < 1.29 is 19.4 Å². The SMILES string of the molecule is COc1ccccc1OCC(O)CN1CCN(CC(=O)Nc2ccc3sc(C)nc3c2)CC1. The van der Waals surface area contributed by atoms with Crippen molar-refractivity contribution in [1.29, 1.82) is 0 Å². The third kappa shape index (κ3) is 6.42. The third-order valence-electron chi connectivity index (χ3n) is 5.58. The first kappa shape index (κ1) is 23.4. The molecule has 4 rings (SSSR count). The molecular formula is C24H30N4O4S. The van der Waals surface area contributed by atoms with Crippen LogP contribution in [0, 0.1) is 6.92 Å². The number of benzene rings is 2. The number of carbonyl (C=O) groups excluding carboxylic acids is 1. The smallest absolute Gasteiger partial charge is 0.238 e. The van der Waals surface area contributed by atoms with E-state index in [0.29, 0.717) is 24.6 Å². The van der Waals surface area contributed by atoms with Gasteiger partial charge in [0.05, 0.1) is 28.9 Å². The van der Waals surface area contributed by atoms with Crippen LogP contribution in [0.15, 0.2) is 42.5 Å². The molecule has 2 aromatic carbocycles. The first-order valence-corrected chi connectivity index (χ1v) is 11.9. The Balaban J connectivity index is 1.18. The van der Waals surface area contributed by atoms with Gasteiger partial charge in [0.25, 0.3) is 0 Å². The van der Waals surface area contributed by atoms with Gasteiger partial charge in [-0.2, -0.15) is 0 Å². The third-order valence-corrected chi connectivity index (χ3v) is 6.53. The molecule has 0 radical (unpaired) electrons. The molecule has 1 aliphatic rings. The Morgan fingerprint density at radius 3 is 2.64 bits per heavy atom. The first-order chi connectivity index (χ1) is 16.0. The summed E-state index contributed by atoms with van der Waals surface area (Å²) in [7, 11) is 1.60. The molecular weight excluding hydrogens is 440 g/mol. The van der Waals surface area contributed by atoms with E-state index in [4.69, 9.17) is 9.47 Å². The van der Waals surface area contributed by atoms with Crippen LogP contribution in [0.5, 0.6) is 11.5 Å². The van der Waals surface area contributed by atoms with Gasteiger partial charge in [-0.05, 0) is 37.3 Å². The quantitative estimate of drug-likeness (QED) is 0.497. The lowest BCUT2D eigenvalue weighted by Crippen LogP contribution is -2.50. The van der Waals surface area contributed by atoms with Crippen LogP contribution in [-0.4, -0.2) is 84.9 Å². The summed E-state index contributed by atoms with van der Waals surface area (Å²) >= 11 is 1.65. The highest BCUT2D eigenvalue weighted by Crippen LogP contribution is 2.26. The number of piperazine rings is 1. The summed E-state index contributed by atoms with van der Waals surface area (Å²) in [6, 6.07) is 13.2. The summed E-state index contributed by atoms with van der Waals surface area (Å²) in [5, 5.41) is 14.4. The molecule has 2 N–H and O–H groups in total. The summed E-state index contributed by atoms with van der Waals surface area (Å²) in [6.07, 6.45) is -0.603. The molecule has 1 aliphatic heterocycles. The fraction of sp³-hybridized carbons (Fsp3) is 0.417. The zero-order chi connectivity index (χ0) is 23.2. The number of fused-ring (bicyclic) bond motifs is 1. The van der Waals surface area contributed by atoms with Gasteiger partial charge in [-0.25, -0.2) is 4.98 Å². The fourth-order valence-electron chi connectivity index (χ4n) is 3.93. The topological polar surface area (TPSA) is 87.2 Å². The molecule has 3 aromatic rings. The second-order valence-electron chi connectivity index (χ2n) is 8.16. The summed E-state index contributed by atoms with van der Waals surface area (Å²) in [4.78, 5) is 21.3. The Morgan fingerprint density at radius 1 is 1.15 bits per heavy atom. The van der Waals surface area contributed by atoms with E-state index in [1.165, 1.54) is 0 Å². The van der Waals surface area contributed by atoms with Crippen molar-refractivity contribution in [3.63, 3.8) is 0 Å². The van der Waals surface area contributed by atoms with E-state index in [2.05, 4.69) is 20.1 Å². The highest BCUT2D eigenvalue weighted by molar-refractivity contribution is 7.18. The number of aliphatic hydroxyl groups excluding tert-OH is 1. The van der Waals surface area contributed by atoms with E-state index in [-0.39, 0.29) is 12.5 Å². The molecule has 1 aromatic heterocycles. The average molecular weight is 471 g/mol. The van der Waals surface area contributed by atoms with Crippen LogP contribution < -0.4 is 14.8 Å². The highest BCUT2D eigenvalue weighted by Gasteiger charge is 2.21. The minimum atomic E-state index is -0.603. The molecule has 176 valence electrons. The van der Waals surface area contributed by atoms with Crippen LogP contribution in [0.1, 0.15) is 5.01 Å². The van der Waals surface area contributed by atoms with Crippen molar-refractivity contribution in [2.45, 2.75) is 13.0 Å². The number of rotatable bonds is 9. The van der Waals surface area contributed by atoms with E-state index in [0.717, 1.165) is 47.1 Å². The van der Waals surface area contributed by atoms with Crippen molar-refractivity contribution in [3.8, 4) is 11.5 Å². The van der Waals surface area contributed by atoms with Gasteiger partial charge in [-0.3, -0.25) is 14.6 Å². The molecule has 0 saturated carbocycles. The predicted octanol–water partition coefficient (Wildman–Crippen LogP) is 2.61. The number of hydrogen-bond acceptors (Lipinski definition) is 8. The van der Waals surface area contributed by atoms with Gasteiger partial charge in [0.15, 0.2) is 11.5 Å². The zero-order valence-corrected chi connectivity index (χ0v) is 19.8. The molecule has 0 bridgehead atoms. The number of methoxy groups -OCH3 is 1. The number of carbonyl (C=O) groups is 1. The molecule has 1 amide bonds. The Bertz CT molecular complexity index is 1080. The van der Waals surface area contributed by atoms with Crippen LogP contribution in [-0.2, 0) is 4.79 Å². The number of ether oxygens (including phenoxy) is 2. The van der Waals surface area contributed by atoms with Gasteiger partial charge in [0.2, 0.25) is 5.91 Å². The fourth-order valence-corrected chi connectivity index (χ4v) is 4.74. The van der Waals surface area contributed by atoms with E-state index >= 15 is 0 Å². The molecule has 2 heterocycles. The largest absolute Gasteiger partial charge is 0.493 e. The number of aromatic nitrogens is 1. The summed E-state index contributed by atoms with van der Waals surface area (Å²) in [6.45, 7) is 6.20. The van der Waals surface area contributed by atoms with Crippen molar-refractivity contribution in [2.75, 3.05) is 58.3 Å². The number of nitrogens with zero attached hydrogens (tertiary/aromatic N) is 3. The van der Waals surface area contributed by atoms with Gasteiger partial charge in [-0.15, -0.1) is 11.3 Å². The normalized spacial score (nSPS) is 16.0.